The number of nitrogens with one attached hydrogen (secondary N) is 4. The first-order valence-corrected chi connectivity index (χ1v) is 45.3. The Hall–Kier alpha value is -5.05. The summed E-state index contributed by atoms with van der Waals surface area (Å²) in [5.74, 6) is -20.6. The highest BCUT2D eigenvalue weighted by atomic mass is 16.8. The molecule has 5 aliphatic rings. The molecule has 0 spiro atoms. The number of carbonyl (C=O) groups excluding carboxylic acids is 4. The summed E-state index contributed by atoms with van der Waals surface area (Å²) in [7, 11) is 0. The summed E-state index contributed by atoms with van der Waals surface area (Å²) in [5, 5.41) is 235. The maximum atomic E-state index is 13.8. The average molecular weight is 1820 g/mol. The molecule has 0 aromatic rings. The third-order valence-corrected chi connectivity index (χ3v) is 24.0. The van der Waals surface area contributed by atoms with Gasteiger partial charge in [-0.1, -0.05) is 206 Å². The lowest BCUT2D eigenvalue weighted by atomic mass is 9.86. The van der Waals surface area contributed by atoms with Gasteiger partial charge in [0.1, 0.15) is 104 Å². The topological polar surface area (TPSA) is 665 Å². The Morgan fingerprint density at radius 1 is 0.429 bits per heavy atom. The van der Waals surface area contributed by atoms with Crippen LogP contribution in [0.5, 0.6) is 0 Å². The van der Waals surface area contributed by atoms with E-state index in [2.05, 4.69) is 35.1 Å². The lowest BCUT2D eigenvalue weighted by Gasteiger charge is -2.51. The van der Waals surface area contributed by atoms with Crippen LogP contribution in [0.25, 0.3) is 0 Å². The minimum Gasteiger partial charge on any atom is -0.477 e. The molecule has 5 heterocycles. The van der Waals surface area contributed by atoms with Gasteiger partial charge in [0, 0.05) is 46.5 Å². The number of hydrogen-bond acceptors (Lipinski definition) is 34. The summed E-state index contributed by atoms with van der Waals surface area (Å²) in [5.41, 5.74) is 0. The summed E-state index contributed by atoms with van der Waals surface area (Å²) in [6.07, 6.45) is -17.0. The Bertz CT molecular complexity index is 3180. The van der Waals surface area contributed by atoms with Crippen molar-refractivity contribution < 1.29 is 183 Å². The number of hydrogen-bond donors (Lipinski definition) is 24. The van der Waals surface area contributed by atoms with E-state index in [1.54, 1.807) is 6.08 Å². The first-order chi connectivity index (χ1) is 60.0. The number of rotatable bonds is 63. The molecule has 5 saturated heterocycles. The molecule has 41 nitrogen and oxygen atoms in total. The van der Waals surface area contributed by atoms with Gasteiger partial charge in [-0.05, 0) is 19.3 Å². The van der Waals surface area contributed by atoms with Gasteiger partial charge in [0.25, 0.3) is 17.4 Å². The zero-order valence-electron chi connectivity index (χ0n) is 73.6. The second-order valence-corrected chi connectivity index (χ2v) is 34.3. The number of ether oxygens (including phenoxy) is 10. The van der Waals surface area contributed by atoms with Gasteiger partial charge in [0.05, 0.1) is 88.2 Å². The van der Waals surface area contributed by atoms with Crippen LogP contribution in [0.1, 0.15) is 259 Å². The first-order valence-electron chi connectivity index (χ1n) is 45.3. The first kappa shape index (κ1) is 111. The highest BCUT2D eigenvalue weighted by Gasteiger charge is 2.64. The molecule has 5 fully saturated rings. The van der Waals surface area contributed by atoms with Crippen molar-refractivity contribution in [3.05, 3.63) is 12.2 Å². The van der Waals surface area contributed by atoms with E-state index >= 15 is 0 Å². The van der Waals surface area contributed by atoms with Gasteiger partial charge in [-0.25, -0.2) is 14.4 Å². The van der Waals surface area contributed by atoms with Crippen LogP contribution in [0.3, 0.4) is 0 Å². The zero-order valence-corrected chi connectivity index (χ0v) is 73.6. The van der Waals surface area contributed by atoms with E-state index in [1.165, 1.54) is 128 Å². The van der Waals surface area contributed by atoms with E-state index in [1.807, 2.05) is 0 Å². The second-order valence-electron chi connectivity index (χ2n) is 34.3. The number of carboxylic acid groups (broad SMARTS) is 3. The van der Waals surface area contributed by atoms with E-state index in [0.29, 0.717) is 12.8 Å². The number of carbonyl (C=O) groups is 7. The lowest BCUT2D eigenvalue weighted by Crippen LogP contribution is -2.72. The van der Waals surface area contributed by atoms with Crippen molar-refractivity contribution in [2.24, 2.45) is 0 Å². The summed E-state index contributed by atoms with van der Waals surface area (Å²) in [6, 6.07) is -7.03. The molecule has 0 radical (unpaired) electrons. The molecule has 4 amide bonds. The molecular formula is C85H150N4O37. The molecule has 3 unspecified atom stereocenters. The molecule has 0 aromatic heterocycles. The van der Waals surface area contributed by atoms with Crippen LogP contribution in [0.2, 0.25) is 0 Å². The zero-order chi connectivity index (χ0) is 93.4. The summed E-state index contributed by atoms with van der Waals surface area (Å²) in [6.45, 7) is -0.0554. The monoisotopic (exact) mass is 1820 g/mol. The normalized spacial score (nSPS) is 32.1. The molecule has 0 bridgehead atoms. The van der Waals surface area contributed by atoms with Crippen LogP contribution < -0.4 is 21.3 Å². The molecule has 0 saturated carbocycles. The summed E-state index contributed by atoms with van der Waals surface area (Å²) in [4.78, 5) is 92.2. The van der Waals surface area contributed by atoms with Gasteiger partial charge in [0.2, 0.25) is 23.6 Å². The highest BCUT2D eigenvalue weighted by Crippen LogP contribution is 2.43. The van der Waals surface area contributed by atoms with Gasteiger partial charge >= 0.3 is 17.9 Å². The molecule has 126 heavy (non-hydrogen) atoms. The van der Waals surface area contributed by atoms with Gasteiger partial charge in [-0.15, -0.1) is 0 Å². The minimum atomic E-state index is -3.58. The predicted molar refractivity (Wildman–Crippen MR) is 443 cm³/mol. The Balaban J connectivity index is 1.33. The van der Waals surface area contributed by atoms with Crippen molar-refractivity contribution in [3.8, 4) is 0 Å². The molecule has 30 atom stereocenters. The smallest absolute Gasteiger partial charge is 0.364 e. The Morgan fingerprint density at radius 3 is 1.17 bits per heavy atom. The van der Waals surface area contributed by atoms with Crippen molar-refractivity contribution >= 4 is 41.5 Å². The fourth-order valence-electron chi connectivity index (χ4n) is 16.8. The van der Waals surface area contributed by atoms with Crippen LogP contribution in [-0.4, -0.2) is 366 Å². The molecule has 41 heteroatoms. The summed E-state index contributed by atoms with van der Waals surface area (Å²) >= 11 is 0. The number of aliphatic carboxylic acids is 3. The van der Waals surface area contributed by atoms with Crippen LogP contribution in [0.4, 0.5) is 0 Å². The molecule has 0 aliphatic carbocycles. The largest absolute Gasteiger partial charge is 0.477 e. The molecule has 0 aromatic carbocycles. The SMILES string of the molecule is CCCCCCCCCCCCCC=C[C@@H](O)[C@H](CO[C@@H]1O[C@H](CO)[C@@H](O[C@@H]2O[C@H](CO)[C@H](O)[C@H](O[C@]3(C(=O)O)C[C@H](O)[C@@H](NC(C)=O)C([C@H](O)[C@@H](CO)O[C@]4(C(=O)O)C[C@H](O)[C@@H](NC(C)=O)C([C@H](O)[C@@H](CO)O[C@]5(C(=O)O)C[C@H](O)[C@@H](NC(C)=O)C([C@H](O)[C@H](O)CO)O5)O4)O3)[C@H]2O)[C@H](O)[C@H]1O)NC(=O)CCCCCCCCCCCCCCCCCCCCC. The third kappa shape index (κ3) is 33.9. The number of unbranched alkanes of at least 4 members (excludes halogenated alkanes) is 29. The van der Waals surface area contributed by atoms with Crippen LogP contribution >= 0.6 is 0 Å². The van der Waals surface area contributed by atoms with Crippen molar-refractivity contribution in [1.29, 1.82) is 0 Å². The number of amides is 4. The standard InChI is InChI=1S/C85H150N4O37/c1-6-8-10-12-14-16-18-20-21-22-23-24-25-27-29-31-33-35-37-39-62(103)89-52(53(98)38-36-34-32-30-28-26-19-17-15-13-11-9-7-2)48-117-78-71(109)70(108)73(61(47-94)119-78)120-79-72(110)77(67(105)58(44-91)118-79)126-85(82(115)116)42-56(101)65(88-51(5)97)76(125-85)69(107)60(46-93)122-84(81(113)114)41-55(100)64(87-50(4)96)75(124-84)68(106)59(45-92)121-83(80(111)112)40-54(99)63(86-49(3)95)74(123-83)66(104)57(102)43-90/h36,38,52-61,63-79,90-94,98-102,104-110H,6-35,37,39-48H2,1-5H3,(H,86,95)(H,87,96)(H,88,97)(H,89,103)(H,111,112)(H,113,114)(H,115,116)/t52-,53+,54-,55-,56-,57+,58+,59+,60+,61+,63+,64+,65+,66+,67-,68+,69+,70+,71+,72+,73+,74?,75?,76?,77-,78+,79-,83+,84+,85-/m0/s1. The van der Waals surface area contributed by atoms with E-state index in [0.717, 1.165) is 85.0 Å². The fourth-order valence-corrected chi connectivity index (χ4v) is 16.8. The van der Waals surface area contributed by atoms with Gasteiger partial charge in [-0.3, -0.25) is 19.2 Å². The number of allylic oxidation sites excluding steroid dienone is 1. The third-order valence-electron chi connectivity index (χ3n) is 24.0. The summed E-state index contributed by atoms with van der Waals surface area (Å²) < 4.78 is 58.3. The lowest BCUT2D eigenvalue weighted by molar-refractivity contribution is -0.388. The van der Waals surface area contributed by atoms with Crippen LogP contribution in [-0.2, 0) is 80.9 Å². The number of aliphatic hydroxyl groups is 17. The quantitative estimate of drug-likeness (QED) is 0.0258. The van der Waals surface area contributed by atoms with Gasteiger partial charge < -0.3 is 171 Å². The Labute approximate surface area is 736 Å². The highest BCUT2D eigenvalue weighted by molar-refractivity contribution is 5.79. The minimum absolute atomic E-state index is 0.123. The van der Waals surface area contributed by atoms with Crippen molar-refractivity contribution in [3.63, 3.8) is 0 Å². The Morgan fingerprint density at radius 2 is 0.794 bits per heavy atom. The fraction of sp³-hybridized carbons (Fsp3) is 0.894. The molecule has 732 valence electrons. The van der Waals surface area contributed by atoms with Crippen LogP contribution in [0.15, 0.2) is 12.2 Å². The Kier molecular flexibility index (Phi) is 50.8. The average Bonchev–Trinajstić information content (AvgIpc) is 0.755. The molecule has 5 aliphatic heterocycles. The van der Waals surface area contributed by atoms with Crippen molar-refractivity contribution in [2.75, 3.05) is 39.6 Å². The van der Waals surface area contributed by atoms with E-state index in [-0.39, 0.29) is 6.42 Å². The van der Waals surface area contributed by atoms with Crippen molar-refractivity contribution in [1.82, 2.24) is 21.3 Å². The van der Waals surface area contributed by atoms with Crippen molar-refractivity contribution in [2.45, 2.75) is 442 Å². The number of carboxylic acids is 3. The number of aliphatic hydroxyl groups excluding tert-OH is 17. The van der Waals surface area contributed by atoms with Gasteiger partial charge in [0.15, 0.2) is 12.6 Å². The van der Waals surface area contributed by atoms with E-state index in [4.69, 9.17) is 47.4 Å². The second kappa shape index (κ2) is 57.4. The van der Waals surface area contributed by atoms with E-state index in [9.17, 15) is 136 Å². The van der Waals surface area contributed by atoms with Crippen LogP contribution in [0, 0.1) is 0 Å². The molecule has 24 N–H and O–H groups in total. The molecular weight excluding hydrogens is 1670 g/mol. The molecule has 5 rings (SSSR count). The maximum Gasteiger partial charge on any atom is 0.364 e. The van der Waals surface area contributed by atoms with Gasteiger partial charge in [-0.2, -0.15) is 0 Å². The van der Waals surface area contributed by atoms with E-state index < -0.39 is 283 Å². The predicted octanol–water partition coefficient (Wildman–Crippen LogP) is -0.927. The maximum absolute atomic E-state index is 13.8.